The van der Waals surface area contributed by atoms with Crippen molar-refractivity contribution in [1.82, 2.24) is 10.3 Å². The highest BCUT2D eigenvalue weighted by Crippen LogP contribution is 2.19. The number of nitrogens with zero attached hydrogens (tertiary/aromatic N) is 1. The minimum atomic E-state index is 0.0974. The zero-order chi connectivity index (χ0) is 11.4. The fraction of sp³-hybridized carbons (Fsp3) is 0.455. The first-order valence-corrected chi connectivity index (χ1v) is 5.76. The summed E-state index contributed by atoms with van der Waals surface area (Å²) in [5.41, 5.74) is 0.816. The zero-order valence-electron chi connectivity index (χ0n) is 8.87. The van der Waals surface area contributed by atoms with Crippen LogP contribution in [0, 0.1) is 0 Å². The van der Waals surface area contributed by atoms with E-state index in [1.807, 2.05) is 0 Å². The quantitative estimate of drug-likeness (QED) is 0.824. The van der Waals surface area contributed by atoms with Gasteiger partial charge in [0.1, 0.15) is 0 Å². The van der Waals surface area contributed by atoms with Gasteiger partial charge in [0.25, 0.3) is 0 Å². The van der Waals surface area contributed by atoms with Crippen molar-refractivity contribution in [2.45, 2.75) is 25.3 Å². The smallest absolute Gasteiger partial charge is 0.221 e. The van der Waals surface area contributed by atoms with E-state index in [9.17, 15) is 4.79 Å². The number of carbonyl (C=O) groups is 1. The maximum atomic E-state index is 11.4. The van der Waals surface area contributed by atoms with Crippen molar-refractivity contribution in [2.24, 2.45) is 0 Å². The fourth-order valence-electron chi connectivity index (χ4n) is 1.36. The number of anilines is 1. The highest BCUT2D eigenvalue weighted by molar-refractivity contribution is 6.33. The van der Waals surface area contributed by atoms with Gasteiger partial charge in [0, 0.05) is 31.4 Å². The van der Waals surface area contributed by atoms with Gasteiger partial charge in [0.05, 0.1) is 10.7 Å². The monoisotopic (exact) mass is 239 g/mol. The van der Waals surface area contributed by atoms with E-state index < -0.39 is 0 Å². The average molecular weight is 240 g/mol. The van der Waals surface area contributed by atoms with Crippen molar-refractivity contribution in [2.75, 3.05) is 11.9 Å². The van der Waals surface area contributed by atoms with Gasteiger partial charge < -0.3 is 10.6 Å². The van der Waals surface area contributed by atoms with E-state index >= 15 is 0 Å². The van der Waals surface area contributed by atoms with Crippen LogP contribution >= 0.6 is 11.6 Å². The summed E-state index contributed by atoms with van der Waals surface area (Å²) in [7, 11) is 0. The Morgan fingerprint density at radius 1 is 1.56 bits per heavy atom. The Morgan fingerprint density at radius 2 is 2.38 bits per heavy atom. The van der Waals surface area contributed by atoms with Crippen LogP contribution in [0.4, 0.5) is 5.69 Å². The molecule has 0 aliphatic heterocycles. The molecule has 2 rings (SSSR count). The molecule has 1 saturated carbocycles. The summed E-state index contributed by atoms with van der Waals surface area (Å²) in [5, 5.41) is 6.61. The van der Waals surface area contributed by atoms with E-state index in [1.165, 1.54) is 0 Å². The van der Waals surface area contributed by atoms with Crippen LogP contribution in [-0.2, 0) is 4.79 Å². The van der Waals surface area contributed by atoms with Crippen molar-refractivity contribution >= 4 is 23.2 Å². The minimum Gasteiger partial charge on any atom is -0.383 e. The lowest BCUT2D eigenvalue weighted by Crippen LogP contribution is -2.27. The zero-order valence-corrected chi connectivity index (χ0v) is 9.63. The van der Waals surface area contributed by atoms with Gasteiger partial charge in [-0.2, -0.15) is 0 Å². The van der Waals surface area contributed by atoms with Crippen LogP contribution in [-0.4, -0.2) is 23.5 Å². The molecule has 0 saturated heterocycles. The lowest BCUT2D eigenvalue weighted by atomic mass is 10.3. The van der Waals surface area contributed by atoms with Gasteiger partial charge >= 0.3 is 0 Å². The summed E-state index contributed by atoms with van der Waals surface area (Å²) < 4.78 is 0. The maximum Gasteiger partial charge on any atom is 0.221 e. The second-order valence-electron chi connectivity index (χ2n) is 3.87. The molecule has 1 aromatic heterocycles. The van der Waals surface area contributed by atoms with Crippen LogP contribution in [0.2, 0.25) is 5.02 Å². The molecule has 0 atom stereocenters. The molecule has 1 aliphatic carbocycles. The summed E-state index contributed by atoms with van der Waals surface area (Å²) in [6.07, 6.45) is 5.95. The summed E-state index contributed by atoms with van der Waals surface area (Å²) in [6.45, 7) is 0.586. The molecular formula is C11H14ClN3O. The molecule has 5 heteroatoms. The van der Waals surface area contributed by atoms with Crippen molar-refractivity contribution in [1.29, 1.82) is 0 Å². The largest absolute Gasteiger partial charge is 0.383 e. The molecule has 1 aromatic rings. The van der Waals surface area contributed by atoms with Gasteiger partial charge in [-0.1, -0.05) is 11.6 Å². The van der Waals surface area contributed by atoms with E-state index in [4.69, 9.17) is 11.6 Å². The SMILES string of the molecule is O=C(CCNc1ccncc1Cl)NC1CC1. The van der Waals surface area contributed by atoms with E-state index in [1.54, 1.807) is 18.5 Å². The van der Waals surface area contributed by atoms with Gasteiger partial charge in [-0.05, 0) is 18.9 Å². The molecule has 0 unspecified atom stereocenters. The van der Waals surface area contributed by atoms with Crippen molar-refractivity contribution < 1.29 is 4.79 Å². The summed E-state index contributed by atoms with van der Waals surface area (Å²) >= 11 is 5.91. The van der Waals surface area contributed by atoms with Crippen LogP contribution in [0.25, 0.3) is 0 Å². The van der Waals surface area contributed by atoms with Gasteiger partial charge in [0.2, 0.25) is 5.91 Å². The lowest BCUT2D eigenvalue weighted by molar-refractivity contribution is -0.120. The Bertz CT molecular complexity index is 379. The Labute approximate surface area is 99.4 Å². The van der Waals surface area contributed by atoms with Crippen LogP contribution in [0.5, 0.6) is 0 Å². The molecule has 2 N–H and O–H groups in total. The van der Waals surface area contributed by atoms with E-state index in [0.717, 1.165) is 18.5 Å². The summed E-state index contributed by atoms with van der Waals surface area (Å²) in [5.74, 6) is 0.0974. The van der Waals surface area contributed by atoms with Crippen molar-refractivity contribution in [3.05, 3.63) is 23.5 Å². The van der Waals surface area contributed by atoms with Crippen LogP contribution in [0.3, 0.4) is 0 Å². The molecule has 0 bridgehead atoms. The molecule has 1 fully saturated rings. The lowest BCUT2D eigenvalue weighted by Gasteiger charge is -2.07. The number of carbonyl (C=O) groups excluding carboxylic acids is 1. The molecule has 0 spiro atoms. The Kier molecular flexibility index (Phi) is 3.62. The van der Waals surface area contributed by atoms with Crippen LogP contribution < -0.4 is 10.6 Å². The molecule has 4 nitrogen and oxygen atoms in total. The van der Waals surface area contributed by atoms with Crippen LogP contribution in [0.15, 0.2) is 18.5 Å². The normalized spacial score (nSPS) is 14.6. The van der Waals surface area contributed by atoms with Crippen LogP contribution in [0.1, 0.15) is 19.3 Å². The van der Waals surface area contributed by atoms with Crippen molar-refractivity contribution in [3.63, 3.8) is 0 Å². The Morgan fingerprint density at radius 3 is 3.06 bits per heavy atom. The number of amides is 1. The van der Waals surface area contributed by atoms with E-state index in [-0.39, 0.29) is 5.91 Å². The third-order valence-electron chi connectivity index (χ3n) is 2.38. The van der Waals surface area contributed by atoms with E-state index in [2.05, 4.69) is 15.6 Å². The maximum absolute atomic E-state index is 11.4. The standard InChI is InChI=1S/C11H14ClN3O/c12-9-7-13-5-3-10(9)14-6-4-11(16)15-8-1-2-8/h3,5,7-8H,1-2,4,6H2,(H,13,14)(H,15,16). The first kappa shape index (κ1) is 11.2. The molecule has 16 heavy (non-hydrogen) atoms. The molecule has 1 heterocycles. The first-order chi connectivity index (χ1) is 7.75. The first-order valence-electron chi connectivity index (χ1n) is 5.38. The molecular weight excluding hydrogens is 226 g/mol. The van der Waals surface area contributed by atoms with Gasteiger partial charge in [-0.3, -0.25) is 9.78 Å². The second-order valence-corrected chi connectivity index (χ2v) is 4.28. The molecule has 0 radical (unpaired) electrons. The Hall–Kier alpha value is -1.29. The number of halogens is 1. The minimum absolute atomic E-state index is 0.0974. The number of hydrogen-bond acceptors (Lipinski definition) is 3. The number of nitrogens with one attached hydrogen (secondary N) is 2. The highest BCUT2D eigenvalue weighted by Gasteiger charge is 2.22. The number of hydrogen-bond donors (Lipinski definition) is 2. The molecule has 0 aromatic carbocycles. The Balaban J connectivity index is 1.70. The highest BCUT2D eigenvalue weighted by atomic mass is 35.5. The predicted molar refractivity (Wildman–Crippen MR) is 63.5 cm³/mol. The number of aromatic nitrogens is 1. The summed E-state index contributed by atoms with van der Waals surface area (Å²) in [4.78, 5) is 15.3. The third-order valence-corrected chi connectivity index (χ3v) is 2.68. The second kappa shape index (κ2) is 5.16. The topological polar surface area (TPSA) is 54.0 Å². The van der Waals surface area contributed by atoms with E-state index in [0.29, 0.717) is 24.0 Å². The predicted octanol–water partition coefficient (Wildman–Crippen LogP) is 1.82. The van der Waals surface area contributed by atoms with Gasteiger partial charge in [0.15, 0.2) is 0 Å². The number of pyridine rings is 1. The molecule has 86 valence electrons. The number of rotatable bonds is 5. The average Bonchev–Trinajstić information content (AvgIpc) is 3.05. The molecule has 1 aliphatic rings. The van der Waals surface area contributed by atoms with Gasteiger partial charge in [-0.15, -0.1) is 0 Å². The molecule has 1 amide bonds. The summed E-state index contributed by atoms with van der Waals surface area (Å²) in [6, 6.07) is 2.22. The van der Waals surface area contributed by atoms with Crippen molar-refractivity contribution in [3.8, 4) is 0 Å². The van der Waals surface area contributed by atoms with Gasteiger partial charge in [-0.25, -0.2) is 0 Å². The third kappa shape index (κ3) is 3.38. The fourth-order valence-corrected chi connectivity index (χ4v) is 1.54.